The number of hydrogen-bond acceptors (Lipinski definition) is 5. The summed E-state index contributed by atoms with van der Waals surface area (Å²) in [7, 11) is -3.26. The average molecular weight is 286 g/mol. The molecule has 108 valence electrons. The van der Waals surface area contributed by atoms with Crippen molar-refractivity contribution < 1.29 is 13.2 Å². The zero-order valence-corrected chi connectivity index (χ0v) is 12.6. The molecule has 0 saturated carbocycles. The van der Waals surface area contributed by atoms with Crippen molar-refractivity contribution in [3.8, 4) is 5.75 Å². The van der Waals surface area contributed by atoms with Crippen molar-refractivity contribution >= 4 is 9.84 Å². The summed E-state index contributed by atoms with van der Waals surface area (Å²) >= 11 is 0. The van der Waals surface area contributed by atoms with Crippen LogP contribution in [0.3, 0.4) is 0 Å². The van der Waals surface area contributed by atoms with Gasteiger partial charge in [0, 0.05) is 6.26 Å². The Hall–Kier alpha value is -1.11. The van der Waals surface area contributed by atoms with Crippen LogP contribution in [0.4, 0.5) is 0 Å². The van der Waals surface area contributed by atoms with E-state index in [1.165, 1.54) is 6.26 Å². The highest BCUT2D eigenvalue weighted by molar-refractivity contribution is 7.92. The summed E-state index contributed by atoms with van der Waals surface area (Å²) in [5.74, 6) is 6.29. The molecule has 1 aromatic rings. The molecule has 0 bridgehead atoms. The molecule has 1 unspecified atom stereocenters. The summed E-state index contributed by atoms with van der Waals surface area (Å²) in [6.45, 7) is 5.81. The Morgan fingerprint density at radius 3 is 2.21 bits per heavy atom. The van der Waals surface area contributed by atoms with Crippen molar-refractivity contribution in [1.82, 2.24) is 5.43 Å². The lowest BCUT2D eigenvalue weighted by Crippen LogP contribution is -2.47. The predicted octanol–water partition coefficient (Wildman–Crippen LogP) is 1.41. The number of ether oxygens (including phenoxy) is 1. The third-order valence-electron chi connectivity index (χ3n) is 3.34. The number of sulfone groups is 1. The first-order valence-corrected chi connectivity index (χ1v) is 8.01. The van der Waals surface area contributed by atoms with Crippen LogP contribution in [0.1, 0.15) is 32.4 Å². The maximum Gasteiger partial charge on any atom is 0.154 e. The summed E-state index contributed by atoms with van der Waals surface area (Å²) < 4.78 is 28.1. The minimum Gasteiger partial charge on any atom is -0.494 e. The van der Waals surface area contributed by atoms with Gasteiger partial charge in [-0.1, -0.05) is 12.1 Å². The molecule has 0 heterocycles. The van der Waals surface area contributed by atoms with Gasteiger partial charge in [0.15, 0.2) is 9.84 Å². The third-order valence-corrected chi connectivity index (χ3v) is 5.49. The lowest BCUT2D eigenvalue weighted by molar-refractivity contribution is 0.339. The second-order valence-electron chi connectivity index (χ2n) is 4.98. The molecule has 0 fully saturated rings. The summed E-state index contributed by atoms with van der Waals surface area (Å²) in [4.78, 5) is 0. The zero-order valence-electron chi connectivity index (χ0n) is 11.8. The molecule has 0 aliphatic carbocycles. The van der Waals surface area contributed by atoms with E-state index in [1.807, 2.05) is 31.2 Å². The smallest absolute Gasteiger partial charge is 0.154 e. The second-order valence-corrected chi connectivity index (χ2v) is 7.57. The van der Waals surface area contributed by atoms with Crippen LogP contribution >= 0.6 is 0 Å². The fourth-order valence-corrected chi connectivity index (χ4v) is 2.47. The van der Waals surface area contributed by atoms with E-state index in [9.17, 15) is 8.42 Å². The first kappa shape index (κ1) is 15.9. The second kappa shape index (κ2) is 5.90. The topological polar surface area (TPSA) is 81.4 Å². The van der Waals surface area contributed by atoms with E-state index >= 15 is 0 Å². The Balaban J connectivity index is 3.10. The fourth-order valence-electron chi connectivity index (χ4n) is 1.84. The average Bonchev–Trinajstić information content (AvgIpc) is 2.31. The highest BCUT2D eigenvalue weighted by Crippen LogP contribution is 2.32. The number of benzene rings is 1. The van der Waals surface area contributed by atoms with Crippen LogP contribution in [0.15, 0.2) is 24.3 Å². The standard InChI is InChI=1S/C13H22N2O3S/c1-5-18-11-8-6-10(7-9-11)12(15-14)13(2,3)19(4,16)17/h6-9,12,15H,5,14H2,1-4H3. The molecule has 0 amide bonds. The molecule has 0 spiro atoms. The fraction of sp³-hybridized carbons (Fsp3) is 0.538. The van der Waals surface area contributed by atoms with Crippen LogP contribution in [0.5, 0.6) is 5.75 Å². The summed E-state index contributed by atoms with van der Waals surface area (Å²) in [6.07, 6.45) is 1.21. The van der Waals surface area contributed by atoms with Crippen molar-refractivity contribution in [1.29, 1.82) is 0 Å². The van der Waals surface area contributed by atoms with Crippen LogP contribution < -0.4 is 16.0 Å². The molecule has 1 atom stereocenters. The Morgan fingerprint density at radius 2 is 1.84 bits per heavy atom. The van der Waals surface area contributed by atoms with Gasteiger partial charge in [-0.25, -0.2) is 8.42 Å². The molecule has 0 aliphatic rings. The van der Waals surface area contributed by atoms with Crippen LogP contribution in [0, 0.1) is 0 Å². The van der Waals surface area contributed by atoms with Gasteiger partial charge in [0.2, 0.25) is 0 Å². The Morgan fingerprint density at radius 1 is 1.32 bits per heavy atom. The Kier molecular flexibility index (Phi) is 4.95. The molecule has 0 saturated heterocycles. The van der Waals surface area contributed by atoms with E-state index in [2.05, 4.69) is 5.43 Å². The predicted molar refractivity (Wildman–Crippen MR) is 76.6 cm³/mol. The van der Waals surface area contributed by atoms with Crippen molar-refractivity contribution in [2.75, 3.05) is 12.9 Å². The molecular weight excluding hydrogens is 264 g/mol. The van der Waals surface area contributed by atoms with Crippen molar-refractivity contribution in [3.05, 3.63) is 29.8 Å². The van der Waals surface area contributed by atoms with Gasteiger partial charge in [-0.05, 0) is 38.5 Å². The minimum atomic E-state index is -3.26. The van der Waals surface area contributed by atoms with E-state index in [-0.39, 0.29) is 0 Å². The van der Waals surface area contributed by atoms with Gasteiger partial charge in [-0.15, -0.1) is 0 Å². The maximum absolute atomic E-state index is 11.9. The molecular formula is C13H22N2O3S. The van der Waals surface area contributed by atoms with Crippen molar-refractivity contribution in [2.45, 2.75) is 31.6 Å². The molecule has 0 aromatic heterocycles. The highest BCUT2D eigenvalue weighted by atomic mass is 32.2. The van der Waals surface area contributed by atoms with Crippen LogP contribution in [-0.4, -0.2) is 26.0 Å². The maximum atomic E-state index is 11.9. The lowest BCUT2D eigenvalue weighted by atomic mass is 9.96. The summed E-state index contributed by atoms with van der Waals surface area (Å²) in [6, 6.07) is 6.77. The first-order valence-electron chi connectivity index (χ1n) is 6.12. The van der Waals surface area contributed by atoms with Crippen LogP contribution in [0.2, 0.25) is 0 Å². The van der Waals surface area contributed by atoms with Gasteiger partial charge in [0.1, 0.15) is 5.75 Å². The number of hydrogen-bond donors (Lipinski definition) is 2. The van der Waals surface area contributed by atoms with Crippen molar-refractivity contribution in [3.63, 3.8) is 0 Å². The number of nitrogens with one attached hydrogen (secondary N) is 1. The molecule has 1 aromatic carbocycles. The largest absolute Gasteiger partial charge is 0.494 e. The van der Waals surface area contributed by atoms with Gasteiger partial charge in [0.05, 0.1) is 17.4 Å². The van der Waals surface area contributed by atoms with E-state index in [4.69, 9.17) is 10.6 Å². The first-order chi connectivity index (χ1) is 8.74. The Bertz CT molecular complexity index is 509. The number of hydrazine groups is 1. The number of nitrogens with two attached hydrogens (primary N) is 1. The Labute approximate surface area is 115 Å². The molecule has 19 heavy (non-hydrogen) atoms. The minimum absolute atomic E-state index is 0.488. The lowest BCUT2D eigenvalue weighted by Gasteiger charge is -2.32. The zero-order chi connectivity index (χ0) is 14.7. The quantitative estimate of drug-likeness (QED) is 0.610. The summed E-state index contributed by atoms with van der Waals surface area (Å²) in [5, 5.41) is 0. The van der Waals surface area contributed by atoms with Crippen LogP contribution in [0.25, 0.3) is 0 Å². The SMILES string of the molecule is CCOc1ccc(C(NN)C(C)(C)S(C)(=O)=O)cc1. The van der Waals surface area contributed by atoms with Gasteiger partial charge in [-0.2, -0.15) is 0 Å². The monoisotopic (exact) mass is 286 g/mol. The van der Waals surface area contributed by atoms with Gasteiger partial charge >= 0.3 is 0 Å². The molecule has 6 heteroatoms. The normalized spacial score (nSPS) is 14.2. The molecule has 0 aliphatic heterocycles. The number of rotatable bonds is 6. The van der Waals surface area contributed by atoms with E-state index < -0.39 is 20.6 Å². The molecule has 1 rings (SSSR count). The van der Waals surface area contributed by atoms with E-state index in [0.717, 1.165) is 11.3 Å². The molecule has 0 radical (unpaired) electrons. The van der Waals surface area contributed by atoms with Gasteiger partial charge in [-0.3, -0.25) is 11.3 Å². The van der Waals surface area contributed by atoms with Crippen molar-refractivity contribution in [2.24, 2.45) is 5.84 Å². The molecule has 3 N–H and O–H groups in total. The molecule has 5 nitrogen and oxygen atoms in total. The van der Waals surface area contributed by atoms with Crippen LogP contribution in [-0.2, 0) is 9.84 Å². The van der Waals surface area contributed by atoms with Gasteiger partial charge in [0.25, 0.3) is 0 Å². The van der Waals surface area contributed by atoms with E-state index in [0.29, 0.717) is 6.61 Å². The summed E-state index contributed by atoms with van der Waals surface area (Å²) in [5.41, 5.74) is 3.40. The van der Waals surface area contributed by atoms with Gasteiger partial charge < -0.3 is 4.74 Å². The third kappa shape index (κ3) is 3.46. The highest BCUT2D eigenvalue weighted by Gasteiger charge is 2.39. The van der Waals surface area contributed by atoms with E-state index in [1.54, 1.807) is 13.8 Å².